The predicted octanol–water partition coefficient (Wildman–Crippen LogP) is -3.57. The van der Waals surface area contributed by atoms with Crippen LogP contribution in [-0.4, -0.2) is 167 Å². The van der Waals surface area contributed by atoms with Crippen molar-refractivity contribution in [2.24, 2.45) is 0 Å². The molecule has 0 aliphatic carbocycles. The minimum atomic E-state index is -2.01. The van der Waals surface area contributed by atoms with E-state index in [4.69, 9.17) is 32.8 Å². The van der Waals surface area contributed by atoms with E-state index in [1.54, 1.807) is 0 Å². The van der Waals surface area contributed by atoms with Gasteiger partial charge in [0.15, 0.2) is 24.4 Å². The van der Waals surface area contributed by atoms with Crippen LogP contribution in [0, 0.1) is 0 Å². The van der Waals surface area contributed by atoms with E-state index in [-0.39, 0.29) is 22.7 Å². The van der Waals surface area contributed by atoms with Gasteiger partial charge in [-0.1, -0.05) is 0 Å². The van der Waals surface area contributed by atoms with Crippen LogP contribution >= 0.6 is 0 Å². The molecule has 1 unspecified atom stereocenters. The van der Waals surface area contributed by atoms with Gasteiger partial charge in [0, 0.05) is 17.7 Å². The molecule has 20 heteroatoms. The smallest absolute Gasteiger partial charge is 0.239 e. The third-order valence-electron chi connectivity index (χ3n) is 9.31. The fourth-order valence-electron chi connectivity index (χ4n) is 6.39. The average molecular weight is 757 g/mol. The van der Waals surface area contributed by atoms with Crippen molar-refractivity contribution in [1.82, 2.24) is 0 Å². The number of benzene rings is 2. The van der Waals surface area contributed by atoms with Gasteiger partial charge in [-0.15, -0.1) is 0 Å². The quantitative estimate of drug-likeness (QED) is 0.100. The third kappa shape index (κ3) is 7.39. The van der Waals surface area contributed by atoms with Gasteiger partial charge in [-0.2, -0.15) is 0 Å². The Bertz CT molecular complexity index is 1780. The highest BCUT2D eigenvalue weighted by Gasteiger charge is 2.53. The molecular weight excluding hydrogens is 716 g/mol. The first-order chi connectivity index (χ1) is 25.1. The van der Waals surface area contributed by atoms with Crippen LogP contribution < -0.4 is 10.2 Å². The Morgan fingerprint density at radius 1 is 0.642 bits per heavy atom. The molecule has 3 saturated heterocycles. The molecule has 3 aromatic rings. The molecule has 3 fully saturated rings. The van der Waals surface area contributed by atoms with Crippen LogP contribution in [0.5, 0.6) is 23.0 Å². The maximum absolute atomic E-state index is 13.9. The number of fused-ring (bicyclic) bond motifs is 1. The monoisotopic (exact) mass is 756 g/mol. The van der Waals surface area contributed by atoms with Gasteiger partial charge >= 0.3 is 0 Å². The highest BCUT2D eigenvalue weighted by atomic mass is 16.8. The lowest BCUT2D eigenvalue weighted by atomic mass is 9.96. The first-order valence-electron chi connectivity index (χ1n) is 16.4. The summed E-state index contributed by atoms with van der Waals surface area (Å²) < 4.78 is 40.1. The summed E-state index contributed by atoms with van der Waals surface area (Å²) in [5, 5.41) is 124. The van der Waals surface area contributed by atoms with Crippen LogP contribution in [0.15, 0.2) is 45.6 Å². The highest BCUT2D eigenvalue weighted by Crippen LogP contribution is 2.39. The van der Waals surface area contributed by atoms with Crippen molar-refractivity contribution in [2.45, 2.75) is 99.0 Å². The van der Waals surface area contributed by atoms with E-state index < -0.39 is 133 Å². The number of aliphatic hydroxyl groups is 9. The number of aromatic hydroxyl groups is 3. The van der Waals surface area contributed by atoms with Crippen LogP contribution in [0.3, 0.4) is 0 Å². The van der Waals surface area contributed by atoms with Gasteiger partial charge < -0.3 is 94.1 Å². The molecule has 3 aliphatic rings. The molecule has 15 atom stereocenters. The van der Waals surface area contributed by atoms with E-state index in [2.05, 4.69) is 0 Å². The van der Waals surface area contributed by atoms with Crippen LogP contribution in [0.2, 0.25) is 0 Å². The van der Waals surface area contributed by atoms with Gasteiger partial charge in [0.1, 0.15) is 89.3 Å². The van der Waals surface area contributed by atoms with Crippen LogP contribution in [-0.2, 0) is 23.7 Å². The Balaban J connectivity index is 1.30. The molecule has 2 aromatic carbocycles. The maximum Gasteiger partial charge on any atom is 0.239 e. The fraction of sp³-hybridized carbons (Fsp3) is 0.545. The number of phenolic OH excluding ortho intramolecular Hbond substituents is 3. The molecule has 0 bridgehead atoms. The maximum atomic E-state index is 13.9. The Hall–Kier alpha value is -3.71. The Morgan fingerprint density at radius 2 is 1.19 bits per heavy atom. The number of hydrogen-bond donors (Lipinski definition) is 12. The zero-order chi connectivity index (χ0) is 38.5. The summed E-state index contributed by atoms with van der Waals surface area (Å²) >= 11 is 0. The van der Waals surface area contributed by atoms with E-state index in [1.165, 1.54) is 31.2 Å². The first kappa shape index (κ1) is 39.0. The SMILES string of the molecule is C[C@@H]1O[C@@H](O[C@H]2[C@H](Oc3c(-c4ccc(O)cc4)oc4cc(O)cc(O)c4c3=O)O[C@@H](CO)[C@@H](O)[C@@H]2O)[C@@H](O)[C@H](O)[C@H]1O[C@@H]1O[C@@H](CO)[C@@H](O)C(O)[C@H]1O. The van der Waals surface area contributed by atoms with Crippen LogP contribution in [0.25, 0.3) is 22.3 Å². The first-order valence-corrected chi connectivity index (χ1v) is 16.4. The van der Waals surface area contributed by atoms with Crippen LogP contribution in [0.4, 0.5) is 0 Å². The van der Waals surface area contributed by atoms with Gasteiger partial charge in [-0.05, 0) is 31.2 Å². The second kappa shape index (κ2) is 15.6. The number of aliphatic hydroxyl groups excluding tert-OH is 9. The third-order valence-corrected chi connectivity index (χ3v) is 9.31. The van der Waals surface area contributed by atoms with Crippen molar-refractivity contribution >= 4 is 11.0 Å². The highest BCUT2D eigenvalue weighted by molar-refractivity contribution is 5.88. The zero-order valence-electron chi connectivity index (χ0n) is 27.7. The van der Waals surface area contributed by atoms with Gasteiger partial charge in [0.05, 0.1) is 19.3 Å². The lowest BCUT2D eigenvalue weighted by Crippen LogP contribution is -2.66. The summed E-state index contributed by atoms with van der Waals surface area (Å²) in [5.74, 6) is -2.26. The van der Waals surface area contributed by atoms with E-state index in [0.29, 0.717) is 0 Å². The molecule has 0 spiro atoms. The normalized spacial score (nSPS) is 37.8. The van der Waals surface area contributed by atoms with Gasteiger partial charge in [0.25, 0.3) is 0 Å². The topological polar surface area (TPSA) is 328 Å². The van der Waals surface area contributed by atoms with Crippen molar-refractivity contribution in [3.63, 3.8) is 0 Å². The predicted molar refractivity (Wildman–Crippen MR) is 171 cm³/mol. The fourth-order valence-corrected chi connectivity index (χ4v) is 6.39. The summed E-state index contributed by atoms with van der Waals surface area (Å²) in [4.78, 5) is 13.9. The minimum absolute atomic E-state index is 0.139. The Kier molecular flexibility index (Phi) is 11.5. The second-order valence-corrected chi connectivity index (χ2v) is 12.9. The van der Waals surface area contributed by atoms with E-state index >= 15 is 0 Å². The molecule has 4 heterocycles. The molecule has 0 radical (unpaired) electrons. The average Bonchev–Trinajstić information content (AvgIpc) is 3.12. The number of phenols is 3. The van der Waals surface area contributed by atoms with Gasteiger partial charge in [-0.25, -0.2) is 0 Å². The van der Waals surface area contributed by atoms with Crippen molar-refractivity contribution in [3.8, 4) is 34.3 Å². The lowest BCUT2D eigenvalue weighted by molar-refractivity contribution is -0.376. The van der Waals surface area contributed by atoms with Gasteiger partial charge in [-0.3, -0.25) is 4.79 Å². The van der Waals surface area contributed by atoms with Crippen molar-refractivity contribution < 1.29 is 94.1 Å². The number of ether oxygens (including phenoxy) is 6. The molecule has 6 rings (SSSR count). The lowest BCUT2D eigenvalue weighted by Gasteiger charge is -2.47. The molecule has 1 aromatic heterocycles. The van der Waals surface area contributed by atoms with Gasteiger partial charge in [0.2, 0.25) is 17.5 Å². The molecule has 12 N–H and O–H groups in total. The Labute approximate surface area is 298 Å². The molecule has 0 amide bonds. The van der Waals surface area contributed by atoms with E-state index in [0.717, 1.165) is 12.1 Å². The van der Waals surface area contributed by atoms with E-state index in [9.17, 15) is 66.1 Å². The number of rotatable bonds is 9. The standard InChI is InChI=1S/C33H40O20/c1-10-27(51-32-25(45)22(42)19(39)16(8-34)49-32)24(44)26(46)31(47-10)53-30-23(43)20(40)17(9-35)50-33(30)52-29-21(41)18-14(38)6-13(37)7-15(18)48-28(29)11-2-4-12(36)5-3-11/h2-7,10,16-17,19-20,22-27,30-40,42-46H,8-9H2,1H3/t10-,16-,17-,19+,20+,22?,23-,24-,25+,26-,27-,30+,31-,32-,33-/m0/s1. The van der Waals surface area contributed by atoms with Crippen LogP contribution in [0.1, 0.15) is 6.92 Å². The molecule has 0 saturated carbocycles. The summed E-state index contributed by atoms with van der Waals surface area (Å²) in [7, 11) is 0. The second-order valence-electron chi connectivity index (χ2n) is 12.9. The van der Waals surface area contributed by atoms with Crippen molar-refractivity contribution in [2.75, 3.05) is 13.2 Å². The molecule has 292 valence electrons. The molecular formula is C33H40O20. The summed E-state index contributed by atoms with van der Waals surface area (Å²) in [6, 6.07) is 7.14. The largest absolute Gasteiger partial charge is 0.508 e. The number of hydrogen-bond acceptors (Lipinski definition) is 20. The molecule has 3 aliphatic heterocycles. The Morgan fingerprint density at radius 3 is 1.83 bits per heavy atom. The summed E-state index contributed by atoms with van der Waals surface area (Å²) in [5.41, 5.74) is -1.15. The minimum Gasteiger partial charge on any atom is -0.508 e. The summed E-state index contributed by atoms with van der Waals surface area (Å²) in [6.45, 7) is -0.271. The summed E-state index contributed by atoms with van der Waals surface area (Å²) in [6.07, 6.45) is -26.0. The van der Waals surface area contributed by atoms with Crippen molar-refractivity contribution in [3.05, 3.63) is 46.6 Å². The van der Waals surface area contributed by atoms with Crippen molar-refractivity contribution in [1.29, 1.82) is 0 Å². The molecule has 20 nitrogen and oxygen atoms in total. The zero-order valence-corrected chi connectivity index (χ0v) is 27.7. The van der Waals surface area contributed by atoms with E-state index in [1.807, 2.05) is 0 Å². The molecule has 53 heavy (non-hydrogen) atoms.